The second kappa shape index (κ2) is 7.11. The van der Waals surface area contributed by atoms with Crippen molar-refractivity contribution in [3.8, 4) is 22.9 Å². The minimum Gasteiger partial charge on any atom is -0.494 e. The average Bonchev–Trinajstić information content (AvgIpc) is 3.14. The Morgan fingerprint density at radius 3 is 2.78 bits per heavy atom. The molecule has 4 rings (SSSR count). The van der Waals surface area contributed by atoms with Crippen molar-refractivity contribution >= 4 is 11.6 Å². The van der Waals surface area contributed by atoms with Crippen LogP contribution in [0.2, 0.25) is 0 Å². The van der Waals surface area contributed by atoms with Gasteiger partial charge in [-0.3, -0.25) is 9.69 Å². The van der Waals surface area contributed by atoms with Crippen molar-refractivity contribution in [2.24, 2.45) is 0 Å². The van der Waals surface area contributed by atoms with Gasteiger partial charge in [0.2, 0.25) is 11.7 Å². The molecule has 0 spiro atoms. The minimum absolute atomic E-state index is 0.00363. The van der Waals surface area contributed by atoms with E-state index in [9.17, 15) is 4.79 Å². The smallest absolute Gasteiger partial charge is 0.265 e. The Bertz CT molecular complexity index is 966. The van der Waals surface area contributed by atoms with E-state index in [0.717, 1.165) is 16.9 Å². The van der Waals surface area contributed by atoms with E-state index < -0.39 is 0 Å². The molecule has 2 aromatic carbocycles. The molecule has 0 radical (unpaired) electrons. The third kappa shape index (κ3) is 3.48. The summed E-state index contributed by atoms with van der Waals surface area (Å²) < 4.78 is 16.3. The van der Waals surface area contributed by atoms with E-state index in [1.54, 1.807) is 4.90 Å². The van der Waals surface area contributed by atoms with Crippen LogP contribution in [0.3, 0.4) is 0 Å². The quantitative estimate of drug-likeness (QED) is 0.690. The molecule has 3 aromatic rings. The summed E-state index contributed by atoms with van der Waals surface area (Å²) in [7, 11) is 0. The predicted octanol–water partition coefficient (Wildman–Crippen LogP) is 3.37. The number of carbonyl (C=O) groups is 1. The van der Waals surface area contributed by atoms with Crippen molar-refractivity contribution in [1.82, 2.24) is 10.1 Å². The molecule has 1 aliphatic heterocycles. The number of hydrogen-bond acceptors (Lipinski definition) is 6. The summed E-state index contributed by atoms with van der Waals surface area (Å²) in [6.45, 7) is 4.72. The summed E-state index contributed by atoms with van der Waals surface area (Å²) in [6.07, 6.45) is 0. The van der Waals surface area contributed by atoms with Gasteiger partial charge in [0, 0.05) is 5.56 Å². The molecule has 0 fully saturated rings. The first-order valence-electron chi connectivity index (χ1n) is 8.73. The second-order valence-electron chi connectivity index (χ2n) is 6.21. The number of aryl methyl sites for hydroxylation is 1. The van der Waals surface area contributed by atoms with E-state index in [4.69, 9.17) is 14.0 Å². The molecular formula is C20H19N3O4. The molecule has 0 saturated carbocycles. The van der Waals surface area contributed by atoms with Crippen LogP contribution in [0.1, 0.15) is 18.4 Å². The molecule has 0 unspecified atom stereocenters. The van der Waals surface area contributed by atoms with E-state index in [1.165, 1.54) is 0 Å². The van der Waals surface area contributed by atoms with Crippen molar-refractivity contribution in [2.45, 2.75) is 20.4 Å². The molecule has 0 saturated heterocycles. The molecule has 0 bridgehead atoms. The number of anilines is 1. The number of aromatic nitrogens is 2. The van der Waals surface area contributed by atoms with Crippen molar-refractivity contribution < 1.29 is 18.8 Å². The molecule has 0 atom stereocenters. The van der Waals surface area contributed by atoms with Crippen molar-refractivity contribution in [2.75, 3.05) is 18.1 Å². The lowest BCUT2D eigenvalue weighted by Crippen LogP contribution is -2.38. The van der Waals surface area contributed by atoms with Crippen molar-refractivity contribution in [1.29, 1.82) is 0 Å². The zero-order valence-electron chi connectivity index (χ0n) is 15.1. The Balaban J connectivity index is 1.55. The maximum Gasteiger partial charge on any atom is 0.265 e. The van der Waals surface area contributed by atoms with E-state index in [-0.39, 0.29) is 19.1 Å². The fourth-order valence-corrected chi connectivity index (χ4v) is 2.92. The van der Waals surface area contributed by atoms with Gasteiger partial charge in [-0.05, 0) is 55.8 Å². The monoisotopic (exact) mass is 365 g/mol. The standard InChI is InChI=1S/C20H19N3O4/c1-3-25-15-7-5-14(6-8-15)20-21-18(27-22-20)11-23-16-9-4-13(2)10-17(16)26-12-19(23)24/h4-10H,3,11-12H2,1-2H3. The number of hydrogen-bond donors (Lipinski definition) is 0. The van der Waals surface area contributed by atoms with Gasteiger partial charge >= 0.3 is 0 Å². The lowest BCUT2D eigenvalue weighted by molar-refractivity contribution is -0.121. The highest BCUT2D eigenvalue weighted by Gasteiger charge is 2.27. The van der Waals surface area contributed by atoms with Crippen molar-refractivity contribution in [3.63, 3.8) is 0 Å². The molecule has 7 heteroatoms. The Labute approximate surface area is 156 Å². The number of rotatable bonds is 5. The molecule has 7 nitrogen and oxygen atoms in total. The minimum atomic E-state index is -0.146. The van der Waals surface area contributed by atoms with Gasteiger partial charge in [0.25, 0.3) is 5.91 Å². The first-order valence-corrected chi connectivity index (χ1v) is 8.73. The third-order valence-corrected chi connectivity index (χ3v) is 4.24. The Morgan fingerprint density at radius 1 is 1.19 bits per heavy atom. The van der Waals surface area contributed by atoms with Gasteiger partial charge in [0.1, 0.15) is 18.0 Å². The fraction of sp³-hybridized carbons (Fsp3) is 0.250. The fourth-order valence-electron chi connectivity index (χ4n) is 2.92. The normalized spacial score (nSPS) is 13.3. The zero-order chi connectivity index (χ0) is 18.8. The maximum atomic E-state index is 12.3. The first-order chi connectivity index (χ1) is 13.1. The number of benzene rings is 2. The molecule has 0 aliphatic carbocycles. The highest BCUT2D eigenvalue weighted by Crippen LogP contribution is 2.33. The SMILES string of the molecule is CCOc1ccc(-c2noc(CN3C(=O)COc4cc(C)ccc43)n2)cc1. The Morgan fingerprint density at radius 2 is 2.00 bits per heavy atom. The summed E-state index contributed by atoms with van der Waals surface area (Å²) in [4.78, 5) is 18.3. The topological polar surface area (TPSA) is 77.7 Å². The van der Waals surface area contributed by atoms with Gasteiger partial charge in [-0.25, -0.2) is 0 Å². The summed E-state index contributed by atoms with van der Waals surface area (Å²) >= 11 is 0. The molecule has 1 aromatic heterocycles. The number of amides is 1. The molecule has 27 heavy (non-hydrogen) atoms. The van der Waals surface area contributed by atoms with Gasteiger partial charge in [-0.2, -0.15) is 4.98 Å². The van der Waals surface area contributed by atoms with Crippen LogP contribution in [0.5, 0.6) is 11.5 Å². The van der Waals surface area contributed by atoms with Crippen LogP contribution in [0.15, 0.2) is 47.0 Å². The summed E-state index contributed by atoms with van der Waals surface area (Å²) in [6, 6.07) is 13.2. The highest BCUT2D eigenvalue weighted by atomic mass is 16.5. The summed E-state index contributed by atoms with van der Waals surface area (Å²) in [5, 5.41) is 4.03. The van der Waals surface area contributed by atoms with Crippen LogP contribution in [-0.2, 0) is 11.3 Å². The Kier molecular flexibility index (Phi) is 4.50. The van der Waals surface area contributed by atoms with E-state index in [1.807, 2.05) is 56.3 Å². The third-order valence-electron chi connectivity index (χ3n) is 4.24. The predicted molar refractivity (Wildman–Crippen MR) is 98.8 cm³/mol. The van der Waals surface area contributed by atoms with Gasteiger partial charge in [-0.1, -0.05) is 11.2 Å². The lowest BCUT2D eigenvalue weighted by atomic mass is 10.1. The van der Waals surface area contributed by atoms with Gasteiger partial charge in [-0.15, -0.1) is 0 Å². The van der Waals surface area contributed by atoms with Gasteiger partial charge in [0.05, 0.1) is 12.3 Å². The van der Waals surface area contributed by atoms with Gasteiger partial charge < -0.3 is 14.0 Å². The number of ether oxygens (including phenoxy) is 2. The van der Waals surface area contributed by atoms with Crippen LogP contribution in [0, 0.1) is 6.92 Å². The van der Waals surface area contributed by atoms with Crippen LogP contribution >= 0.6 is 0 Å². The molecule has 0 N–H and O–H groups in total. The van der Waals surface area contributed by atoms with Crippen LogP contribution < -0.4 is 14.4 Å². The van der Waals surface area contributed by atoms with Crippen molar-refractivity contribution in [3.05, 3.63) is 53.9 Å². The number of carbonyl (C=O) groups excluding carboxylic acids is 1. The molecule has 2 heterocycles. The zero-order valence-corrected chi connectivity index (χ0v) is 15.1. The van der Waals surface area contributed by atoms with Crippen LogP contribution in [-0.4, -0.2) is 29.3 Å². The number of fused-ring (bicyclic) bond motifs is 1. The molecule has 138 valence electrons. The maximum absolute atomic E-state index is 12.3. The molecule has 1 amide bonds. The lowest BCUT2D eigenvalue weighted by Gasteiger charge is -2.28. The Hall–Kier alpha value is -3.35. The largest absolute Gasteiger partial charge is 0.494 e. The first kappa shape index (κ1) is 17.1. The van der Waals surface area contributed by atoms with E-state index in [0.29, 0.717) is 29.8 Å². The molecule has 1 aliphatic rings. The van der Waals surface area contributed by atoms with E-state index in [2.05, 4.69) is 10.1 Å². The van der Waals surface area contributed by atoms with E-state index >= 15 is 0 Å². The highest BCUT2D eigenvalue weighted by molar-refractivity contribution is 5.97. The van der Waals surface area contributed by atoms with Gasteiger partial charge in [0.15, 0.2) is 6.61 Å². The number of nitrogens with zero attached hydrogens (tertiary/aromatic N) is 3. The van der Waals surface area contributed by atoms with Crippen LogP contribution in [0.25, 0.3) is 11.4 Å². The average molecular weight is 365 g/mol. The summed E-state index contributed by atoms with van der Waals surface area (Å²) in [5.74, 6) is 2.15. The van der Waals surface area contributed by atoms with Crippen LogP contribution in [0.4, 0.5) is 5.69 Å². The summed E-state index contributed by atoms with van der Waals surface area (Å²) in [5.41, 5.74) is 2.59. The second-order valence-corrected chi connectivity index (χ2v) is 6.21. The molecular weight excluding hydrogens is 346 g/mol.